The van der Waals surface area contributed by atoms with Crippen molar-refractivity contribution in [1.29, 1.82) is 0 Å². The highest BCUT2D eigenvalue weighted by atomic mass is 32.1. The van der Waals surface area contributed by atoms with Crippen molar-refractivity contribution < 1.29 is 0 Å². The highest BCUT2D eigenvalue weighted by molar-refractivity contribution is 7.03. The van der Waals surface area contributed by atoms with Crippen molar-refractivity contribution in [3.63, 3.8) is 0 Å². The van der Waals surface area contributed by atoms with Crippen molar-refractivity contribution in [2.45, 2.75) is 57.7 Å². The van der Waals surface area contributed by atoms with Crippen molar-refractivity contribution in [2.24, 2.45) is 5.92 Å². The fourth-order valence-corrected chi connectivity index (χ4v) is 3.68. The van der Waals surface area contributed by atoms with Gasteiger partial charge in [0.1, 0.15) is 0 Å². The minimum Gasteiger partial charge on any atom is -0.308 e. The Labute approximate surface area is 119 Å². The maximum absolute atomic E-state index is 4.09. The summed E-state index contributed by atoms with van der Waals surface area (Å²) in [7, 11) is 0. The van der Waals surface area contributed by atoms with Crippen LogP contribution in [0.4, 0.5) is 0 Å². The fraction of sp³-hybridized carbons (Fsp3) is 0.857. The molecule has 3 rings (SSSR count). The predicted molar refractivity (Wildman–Crippen MR) is 78.1 cm³/mol. The van der Waals surface area contributed by atoms with Gasteiger partial charge in [0.2, 0.25) is 0 Å². The third kappa shape index (κ3) is 3.33. The zero-order chi connectivity index (χ0) is 13.1. The van der Waals surface area contributed by atoms with Gasteiger partial charge in [0.25, 0.3) is 0 Å². The molecule has 0 bridgehead atoms. The van der Waals surface area contributed by atoms with Gasteiger partial charge in [0.15, 0.2) is 0 Å². The van der Waals surface area contributed by atoms with E-state index in [-0.39, 0.29) is 0 Å². The quantitative estimate of drug-likeness (QED) is 0.898. The first kappa shape index (κ1) is 13.5. The van der Waals surface area contributed by atoms with E-state index in [1.807, 2.05) is 5.38 Å². The van der Waals surface area contributed by atoms with Crippen LogP contribution in [0.15, 0.2) is 5.38 Å². The topological polar surface area (TPSA) is 41.1 Å². The van der Waals surface area contributed by atoms with Crippen molar-refractivity contribution in [3.8, 4) is 0 Å². The van der Waals surface area contributed by atoms with Crippen LogP contribution in [0.25, 0.3) is 0 Å². The average Bonchev–Trinajstić information content (AvgIpc) is 2.87. The molecule has 0 aromatic carbocycles. The minimum atomic E-state index is 0.574. The van der Waals surface area contributed by atoms with Crippen LogP contribution in [0.5, 0.6) is 0 Å². The first-order valence-electron chi connectivity index (χ1n) is 7.56. The van der Waals surface area contributed by atoms with Crippen LogP contribution in [-0.4, -0.2) is 39.7 Å². The van der Waals surface area contributed by atoms with Crippen LogP contribution in [0, 0.1) is 5.92 Å². The predicted octanol–water partition coefficient (Wildman–Crippen LogP) is 2.28. The average molecular weight is 280 g/mol. The Hall–Kier alpha value is -0.520. The summed E-state index contributed by atoms with van der Waals surface area (Å²) in [5.74, 6) is 0.793. The fourth-order valence-electron chi connectivity index (χ4n) is 3.23. The number of nitrogens with zero attached hydrogens (tertiary/aromatic N) is 3. The lowest BCUT2D eigenvalue weighted by Gasteiger charge is -2.44. The van der Waals surface area contributed by atoms with Crippen molar-refractivity contribution >= 4 is 11.5 Å². The minimum absolute atomic E-state index is 0.574. The third-order valence-electron chi connectivity index (χ3n) is 4.80. The maximum Gasteiger partial charge on any atom is 0.0893 e. The Kier molecular flexibility index (Phi) is 4.45. The molecule has 1 saturated heterocycles. The molecule has 2 atom stereocenters. The molecular weight excluding hydrogens is 256 g/mol. The molecule has 1 aromatic heterocycles. The molecule has 1 saturated carbocycles. The second-order valence-electron chi connectivity index (χ2n) is 6.05. The zero-order valence-electron chi connectivity index (χ0n) is 11.7. The van der Waals surface area contributed by atoms with Gasteiger partial charge in [0, 0.05) is 30.6 Å². The van der Waals surface area contributed by atoms with E-state index in [1.54, 1.807) is 0 Å². The zero-order valence-corrected chi connectivity index (χ0v) is 12.5. The van der Waals surface area contributed by atoms with Crippen molar-refractivity contribution in [3.05, 3.63) is 11.1 Å². The summed E-state index contributed by atoms with van der Waals surface area (Å²) >= 11 is 1.43. The molecule has 1 aliphatic carbocycles. The maximum atomic E-state index is 4.09. The molecule has 0 amide bonds. The molecule has 1 aliphatic heterocycles. The molecule has 2 fully saturated rings. The number of rotatable bonds is 5. The Morgan fingerprint density at radius 3 is 3.00 bits per heavy atom. The molecule has 5 heteroatoms. The highest BCUT2D eigenvalue weighted by Crippen LogP contribution is 2.30. The van der Waals surface area contributed by atoms with Gasteiger partial charge in [-0.25, -0.2) is 0 Å². The van der Waals surface area contributed by atoms with E-state index in [0.717, 1.165) is 24.2 Å². The molecule has 4 nitrogen and oxygen atoms in total. The Morgan fingerprint density at radius 2 is 2.32 bits per heavy atom. The second kappa shape index (κ2) is 6.29. The normalized spacial score (nSPS) is 27.1. The van der Waals surface area contributed by atoms with Gasteiger partial charge >= 0.3 is 0 Å². The molecule has 1 N–H and O–H groups in total. The highest BCUT2D eigenvalue weighted by Gasteiger charge is 2.31. The van der Waals surface area contributed by atoms with E-state index in [1.165, 1.54) is 56.7 Å². The number of likely N-dealkylation sites (tertiary alicyclic amines) is 1. The molecule has 0 unspecified atom stereocenters. The van der Waals surface area contributed by atoms with Gasteiger partial charge in [-0.05, 0) is 56.6 Å². The van der Waals surface area contributed by atoms with Crippen LogP contribution in [0.1, 0.15) is 44.7 Å². The SMILES string of the molecule is C[C@H](NCc1csnn1)[C@H]1CCCN(C2CCC2)C1. The summed E-state index contributed by atoms with van der Waals surface area (Å²) in [6.45, 7) is 5.80. The lowest BCUT2D eigenvalue weighted by Crippen LogP contribution is -2.49. The van der Waals surface area contributed by atoms with Crippen LogP contribution >= 0.6 is 11.5 Å². The lowest BCUT2D eigenvalue weighted by molar-refractivity contribution is 0.0665. The summed E-state index contributed by atoms with van der Waals surface area (Å²) in [6, 6.07) is 1.47. The van der Waals surface area contributed by atoms with Gasteiger partial charge < -0.3 is 10.2 Å². The number of hydrogen-bond donors (Lipinski definition) is 1. The van der Waals surface area contributed by atoms with Crippen LogP contribution in [0.2, 0.25) is 0 Å². The number of piperidine rings is 1. The van der Waals surface area contributed by atoms with Gasteiger partial charge in [-0.15, -0.1) is 5.10 Å². The first-order chi connectivity index (χ1) is 9.33. The molecule has 0 spiro atoms. The molecule has 19 heavy (non-hydrogen) atoms. The van der Waals surface area contributed by atoms with Crippen LogP contribution in [-0.2, 0) is 6.54 Å². The second-order valence-corrected chi connectivity index (χ2v) is 6.66. The van der Waals surface area contributed by atoms with Gasteiger partial charge in [-0.2, -0.15) is 0 Å². The monoisotopic (exact) mass is 280 g/mol. The third-order valence-corrected chi connectivity index (χ3v) is 5.35. The van der Waals surface area contributed by atoms with E-state index >= 15 is 0 Å². The summed E-state index contributed by atoms with van der Waals surface area (Å²) in [5, 5.41) is 9.75. The molecular formula is C14H24N4S. The van der Waals surface area contributed by atoms with E-state index in [9.17, 15) is 0 Å². The summed E-state index contributed by atoms with van der Waals surface area (Å²) in [6.07, 6.45) is 7.03. The number of aromatic nitrogens is 2. The van der Waals surface area contributed by atoms with Crippen LogP contribution in [0.3, 0.4) is 0 Å². The molecule has 0 radical (unpaired) electrons. The van der Waals surface area contributed by atoms with E-state index in [4.69, 9.17) is 0 Å². The van der Waals surface area contributed by atoms with E-state index in [0.29, 0.717) is 6.04 Å². The standard InChI is InChI=1S/C14H24N4S/c1-11(15-8-13-10-19-17-16-13)12-4-3-7-18(9-12)14-5-2-6-14/h10-12,14-15H,2-9H2,1H3/t11-,12-/m0/s1. The first-order valence-corrected chi connectivity index (χ1v) is 8.40. The van der Waals surface area contributed by atoms with Gasteiger partial charge in [-0.1, -0.05) is 10.9 Å². The van der Waals surface area contributed by atoms with Crippen molar-refractivity contribution in [2.75, 3.05) is 13.1 Å². The Balaban J connectivity index is 1.47. The summed E-state index contributed by atoms with van der Waals surface area (Å²) in [5.41, 5.74) is 1.07. The van der Waals surface area contributed by atoms with Crippen molar-refractivity contribution in [1.82, 2.24) is 19.8 Å². The smallest absolute Gasteiger partial charge is 0.0893 e. The van der Waals surface area contributed by atoms with Gasteiger partial charge in [-0.3, -0.25) is 0 Å². The summed E-state index contributed by atoms with van der Waals surface area (Å²) < 4.78 is 3.91. The summed E-state index contributed by atoms with van der Waals surface area (Å²) in [4.78, 5) is 2.74. The van der Waals surface area contributed by atoms with Gasteiger partial charge in [0.05, 0.1) is 5.69 Å². The van der Waals surface area contributed by atoms with Crippen LogP contribution < -0.4 is 5.32 Å². The largest absolute Gasteiger partial charge is 0.308 e. The molecule has 106 valence electrons. The number of hydrogen-bond acceptors (Lipinski definition) is 5. The Bertz CT molecular complexity index is 377. The van der Waals surface area contributed by atoms with E-state index in [2.05, 4.69) is 26.7 Å². The lowest BCUT2D eigenvalue weighted by atomic mass is 9.85. The molecule has 2 aliphatic rings. The van der Waals surface area contributed by atoms with E-state index < -0.39 is 0 Å². The molecule has 2 heterocycles. The number of nitrogens with one attached hydrogen (secondary N) is 1. The Morgan fingerprint density at radius 1 is 1.42 bits per heavy atom. The molecule has 1 aromatic rings.